The molecule has 28 heavy (non-hydrogen) atoms. The lowest BCUT2D eigenvalue weighted by Gasteiger charge is -2.35. The molecule has 2 aromatic rings. The SMILES string of the molecule is CCOc1nc(N)nc2c1ncn2[C@@H]1O[C@]2(CO[P+](C)=O)[C@@H](O)[C@H]1OC2(F)F. The number of nitrogens with zero attached hydrogens (tertiary/aromatic N) is 4. The molecule has 5 atom stereocenters. The first-order valence-corrected chi connectivity index (χ1v) is 9.91. The molecule has 0 aromatic carbocycles. The van der Waals surface area contributed by atoms with E-state index in [-0.39, 0.29) is 23.0 Å². The standard InChI is InChI=1S/C14H17F2N5O6P/c1-3-24-10-6-9(19-12(17)20-10)21(5-18-6)11-7-8(22)13(27-11,4-25-28(2)23)14(15,16)26-7/h5,7-8,11,22H,3-4H2,1-2H3,(H2,17,19,20)/q+1/t7-,8+,11-,13-/m1/s1. The fourth-order valence-electron chi connectivity index (χ4n) is 3.34. The van der Waals surface area contributed by atoms with Crippen molar-refractivity contribution in [2.24, 2.45) is 0 Å². The number of alkyl halides is 2. The van der Waals surface area contributed by atoms with E-state index in [0.717, 1.165) is 0 Å². The highest BCUT2D eigenvalue weighted by atomic mass is 31.1. The van der Waals surface area contributed by atoms with Crippen molar-refractivity contribution in [2.45, 2.75) is 37.1 Å². The van der Waals surface area contributed by atoms with Crippen LogP contribution in [0.15, 0.2) is 6.33 Å². The number of aromatic nitrogens is 4. The third-order valence-electron chi connectivity index (χ3n) is 4.60. The molecular formula is C14H17F2N5O6P+. The van der Waals surface area contributed by atoms with Gasteiger partial charge in [-0.05, 0) is 11.5 Å². The Morgan fingerprint density at radius 1 is 1.43 bits per heavy atom. The second kappa shape index (κ2) is 6.49. The van der Waals surface area contributed by atoms with Gasteiger partial charge in [-0.25, -0.2) is 4.98 Å². The van der Waals surface area contributed by atoms with Crippen LogP contribution in [0.3, 0.4) is 0 Å². The van der Waals surface area contributed by atoms with E-state index in [1.165, 1.54) is 17.6 Å². The van der Waals surface area contributed by atoms with Crippen molar-refractivity contribution in [3.05, 3.63) is 6.33 Å². The number of ether oxygens (including phenoxy) is 3. The van der Waals surface area contributed by atoms with Gasteiger partial charge in [0.15, 0.2) is 24.1 Å². The molecule has 14 heteroatoms. The predicted molar refractivity (Wildman–Crippen MR) is 89.1 cm³/mol. The van der Waals surface area contributed by atoms with Gasteiger partial charge in [-0.3, -0.25) is 4.57 Å². The lowest BCUT2D eigenvalue weighted by atomic mass is 9.98. The fourth-order valence-corrected chi connectivity index (χ4v) is 3.72. The van der Waals surface area contributed by atoms with E-state index >= 15 is 0 Å². The van der Waals surface area contributed by atoms with E-state index < -0.39 is 44.8 Å². The van der Waals surface area contributed by atoms with Gasteiger partial charge in [0.2, 0.25) is 17.4 Å². The number of fused-ring (bicyclic) bond motifs is 3. The topological polar surface area (TPSA) is 144 Å². The average molecular weight is 420 g/mol. The van der Waals surface area contributed by atoms with Crippen molar-refractivity contribution in [3.8, 4) is 5.88 Å². The van der Waals surface area contributed by atoms with Gasteiger partial charge >= 0.3 is 14.1 Å². The molecule has 2 aromatic heterocycles. The summed E-state index contributed by atoms with van der Waals surface area (Å²) in [6.45, 7) is 2.42. The first kappa shape index (κ1) is 19.3. The number of imidazole rings is 1. The Kier molecular flexibility index (Phi) is 4.47. The van der Waals surface area contributed by atoms with Gasteiger partial charge in [0.1, 0.15) is 18.8 Å². The zero-order valence-corrected chi connectivity index (χ0v) is 15.7. The van der Waals surface area contributed by atoms with Crippen LogP contribution in [0.25, 0.3) is 11.2 Å². The molecule has 2 aliphatic heterocycles. The Balaban J connectivity index is 1.75. The third kappa shape index (κ3) is 2.65. The predicted octanol–water partition coefficient (Wildman–Crippen LogP) is 0.816. The van der Waals surface area contributed by atoms with E-state index in [1.54, 1.807) is 6.92 Å². The molecule has 3 N–H and O–H groups in total. The summed E-state index contributed by atoms with van der Waals surface area (Å²) in [6.07, 6.45) is -6.97. The van der Waals surface area contributed by atoms with Gasteiger partial charge in [-0.15, -0.1) is 4.52 Å². The quantitative estimate of drug-likeness (QED) is 0.645. The van der Waals surface area contributed by atoms with Crippen LogP contribution < -0.4 is 10.5 Å². The summed E-state index contributed by atoms with van der Waals surface area (Å²) < 4.78 is 61.8. The summed E-state index contributed by atoms with van der Waals surface area (Å²) in [5, 5.41) is 10.4. The van der Waals surface area contributed by atoms with Gasteiger partial charge in [0.25, 0.3) is 0 Å². The van der Waals surface area contributed by atoms with Crippen LogP contribution in [-0.2, 0) is 18.6 Å². The molecule has 152 valence electrons. The summed E-state index contributed by atoms with van der Waals surface area (Å²) in [4.78, 5) is 12.2. The minimum atomic E-state index is -3.85. The third-order valence-corrected chi connectivity index (χ3v) is 5.09. The molecule has 0 amide bonds. The molecular weight excluding hydrogens is 403 g/mol. The Hall–Kier alpha value is -2.05. The van der Waals surface area contributed by atoms with E-state index in [1.807, 2.05) is 0 Å². The monoisotopic (exact) mass is 420 g/mol. The van der Waals surface area contributed by atoms with E-state index in [9.17, 15) is 18.5 Å². The van der Waals surface area contributed by atoms with Crippen LogP contribution in [0, 0.1) is 0 Å². The van der Waals surface area contributed by atoms with E-state index in [2.05, 4.69) is 15.0 Å². The lowest BCUT2D eigenvalue weighted by Crippen LogP contribution is -2.55. The molecule has 2 saturated heterocycles. The molecule has 2 aliphatic rings. The second-order valence-electron chi connectivity index (χ2n) is 6.30. The average Bonchev–Trinajstić information content (AvgIpc) is 3.20. The van der Waals surface area contributed by atoms with Crippen LogP contribution in [0.4, 0.5) is 14.7 Å². The molecule has 0 aliphatic carbocycles. The number of halogens is 2. The fraction of sp³-hybridized carbons (Fsp3) is 0.643. The smallest absolute Gasteiger partial charge is 0.476 e. The second-order valence-corrected chi connectivity index (χ2v) is 7.44. The molecule has 1 unspecified atom stereocenters. The zero-order chi connectivity index (χ0) is 20.3. The number of hydrogen-bond acceptors (Lipinski definition) is 10. The maximum atomic E-state index is 14.4. The number of rotatable bonds is 6. The van der Waals surface area contributed by atoms with E-state index in [4.69, 9.17) is 24.5 Å². The van der Waals surface area contributed by atoms with Crippen LogP contribution in [0.5, 0.6) is 5.88 Å². The van der Waals surface area contributed by atoms with Crippen LogP contribution in [0.2, 0.25) is 0 Å². The highest BCUT2D eigenvalue weighted by molar-refractivity contribution is 7.38. The minimum Gasteiger partial charge on any atom is -0.476 e. The molecule has 2 bridgehead atoms. The minimum absolute atomic E-state index is 0.117. The molecule has 2 fully saturated rings. The summed E-state index contributed by atoms with van der Waals surface area (Å²) in [7, 11) is -2.20. The Bertz CT molecular complexity index is 944. The van der Waals surface area contributed by atoms with Gasteiger partial charge in [0.05, 0.1) is 12.9 Å². The number of hydrogen-bond donors (Lipinski definition) is 2. The number of anilines is 1. The van der Waals surface area contributed by atoms with Crippen LogP contribution >= 0.6 is 8.03 Å². The van der Waals surface area contributed by atoms with Crippen LogP contribution in [-0.4, -0.2) is 68.4 Å². The number of nitrogens with two attached hydrogens (primary N) is 1. The van der Waals surface area contributed by atoms with Crippen molar-refractivity contribution in [1.29, 1.82) is 0 Å². The molecule has 4 heterocycles. The van der Waals surface area contributed by atoms with Crippen LogP contribution in [0.1, 0.15) is 13.2 Å². The maximum absolute atomic E-state index is 14.4. The Labute approximate surface area is 157 Å². The van der Waals surface area contributed by atoms with Gasteiger partial charge in [0, 0.05) is 0 Å². The first-order valence-electron chi connectivity index (χ1n) is 8.28. The highest BCUT2D eigenvalue weighted by Gasteiger charge is 2.78. The summed E-state index contributed by atoms with van der Waals surface area (Å²) >= 11 is 0. The maximum Gasteiger partial charge on any atom is 0.504 e. The first-order chi connectivity index (χ1) is 13.2. The highest BCUT2D eigenvalue weighted by Crippen LogP contribution is 2.56. The Morgan fingerprint density at radius 3 is 2.86 bits per heavy atom. The van der Waals surface area contributed by atoms with E-state index in [0.29, 0.717) is 6.61 Å². The van der Waals surface area contributed by atoms with Crippen molar-refractivity contribution in [3.63, 3.8) is 0 Å². The van der Waals surface area contributed by atoms with Crippen molar-refractivity contribution >= 4 is 25.1 Å². The summed E-state index contributed by atoms with van der Waals surface area (Å²) in [5.74, 6) is 0.00779. The Morgan fingerprint density at radius 2 is 2.18 bits per heavy atom. The summed E-state index contributed by atoms with van der Waals surface area (Å²) in [6, 6.07) is 0. The molecule has 4 rings (SSSR count). The van der Waals surface area contributed by atoms with Crippen molar-refractivity contribution in [1.82, 2.24) is 19.5 Å². The normalized spacial score (nSPS) is 31.5. The summed E-state index contributed by atoms with van der Waals surface area (Å²) in [5.41, 5.74) is 3.57. The number of aliphatic hydroxyl groups is 1. The molecule has 0 spiro atoms. The van der Waals surface area contributed by atoms with Crippen molar-refractivity contribution in [2.75, 3.05) is 25.6 Å². The largest absolute Gasteiger partial charge is 0.504 e. The van der Waals surface area contributed by atoms with Gasteiger partial charge < -0.3 is 25.1 Å². The molecule has 0 saturated carbocycles. The zero-order valence-electron chi connectivity index (χ0n) is 14.8. The molecule has 11 nitrogen and oxygen atoms in total. The lowest BCUT2D eigenvalue weighted by molar-refractivity contribution is -0.369. The van der Waals surface area contributed by atoms with Gasteiger partial charge in [-0.1, -0.05) is 0 Å². The number of aliphatic hydroxyl groups excluding tert-OH is 1. The molecule has 0 radical (unpaired) electrons. The van der Waals surface area contributed by atoms with Gasteiger partial charge in [-0.2, -0.15) is 18.7 Å². The van der Waals surface area contributed by atoms with Crippen molar-refractivity contribution < 1.29 is 37.2 Å². The number of nitrogen functional groups attached to an aromatic ring is 1.